The second-order valence-electron chi connectivity index (χ2n) is 3.54. The number of ether oxygens (including phenoxy) is 1. The molecular formula is C13H10N4O. The lowest BCUT2D eigenvalue weighted by atomic mass is 10.1. The summed E-state index contributed by atoms with van der Waals surface area (Å²) in [6.45, 7) is 2.69. The summed E-state index contributed by atoms with van der Waals surface area (Å²) in [6, 6.07) is 8.89. The molecule has 0 aliphatic rings. The van der Waals surface area contributed by atoms with Gasteiger partial charge in [-0.3, -0.25) is 4.68 Å². The highest BCUT2D eigenvalue weighted by Crippen LogP contribution is 2.28. The van der Waals surface area contributed by atoms with Crippen molar-refractivity contribution in [1.29, 1.82) is 10.5 Å². The molecule has 0 spiro atoms. The molecule has 0 bridgehead atoms. The predicted molar refractivity (Wildman–Crippen MR) is 63.8 cm³/mol. The summed E-state index contributed by atoms with van der Waals surface area (Å²) >= 11 is 0. The lowest BCUT2D eigenvalue weighted by Crippen LogP contribution is -1.93. The van der Waals surface area contributed by atoms with Crippen LogP contribution in [-0.2, 0) is 6.54 Å². The molecule has 5 heteroatoms. The average molecular weight is 238 g/mol. The van der Waals surface area contributed by atoms with E-state index in [4.69, 9.17) is 15.3 Å². The summed E-state index contributed by atoms with van der Waals surface area (Å²) < 4.78 is 7.28. The first-order valence-corrected chi connectivity index (χ1v) is 5.42. The Kier molecular flexibility index (Phi) is 3.26. The molecule has 1 aromatic heterocycles. The van der Waals surface area contributed by atoms with E-state index in [-0.39, 0.29) is 5.75 Å². The Morgan fingerprint density at radius 2 is 1.94 bits per heavy atom. The van der Waals surface area contributed by atoms with Crippen molar-refractivity contribution < 1.29 is 4.74 Å². The molecule has 0 aliphatic heterocycles. The van der Waals surface area contributed by atoms with Crippen molar-refractivity contribution in [1.82, 2.24) is 9.78 Å². The summed E-state index contributed by atoms with van der Waals surface area (Å²) in [6.07, 6.45) is 3.27. The van der Waals surface area contributed by atoms with Crippen LogP contribution in [0.2, 0.25) is 0 Å². The molecule has 88 valence electrons. The average Bonchev–Trinajstić information content (AvgIpc) is 2.86. The first kappa shape index (κ1) is 11.7. The van der Waals surface area contributed by atoms with Gasteiger partial charge in [-0.25, -0.2) is 0 Å². The summed E-state index contributed by atoms with van der Waals surface area (Å²) in [5, 5.41) is 22.1. The number of rotatable bonds is 3. The molecular weight excluding hydrogens is 228 g/mol. The summed E-state index contributed by atoms with van der Waals surface area (Å²) in [4.78, 5) is 0. The second-order valence-corrected chi connectivity index (χ2v) is 3.54. The largest absolute Gasteiger partial charge is 0.451 e. The zero-order chi connectivity index (χ0) is 13.0. The van der Waals surface area contributed by atoms with E-state index in [1.165, 1.54) is 0 Å². The molecule has 1 heterocycles. The third kappa shape index (κ3) is 2.16. The van der Waals surface area contributed by atoms with Crippen LogP contribution in [-0.4, -0.2) is 9.78 Å². The Morgan fingerprint density at radius 1 is 1.28 bits per heavy atom. The highest BCUT2D eigenvalue weighted by Gasteiger charge is 2.11. The van der Waals surface area contributed by atoms with Gasteiger partial charge in [0.1, 0.15) is 12.1 Å². The molecule has 1 aromatic carbocycles. The molecule has 0 radical (unpaired) electrons. The van der Waals surface area contributed by atoms with Gasteiger partial charge >= 0.3 is 0 Å². The lowest BCUT2D eigenvalue weighted by molar-refractivity contribution is 0.478. The van der Waals surface area contributed by atoms with Crippen molar-refractivity contribution in [2.24, 2.45) is 0 Å². The van der Waals surface area contributed by atoms with Gasteiger partial charge in [-0.05, 0) is 19.1 Å². The van der Waals surface area contributed by atoms with Crippen LogP contribution in [0.5, 0.6) is 11.5 Å². The van der Waals surface area contributed by atoms with Crippen LogP contribution in [0, 0.1) is 22.7 Å². The van der Waals surface area contributed by atoms with E-state index in [9.17, 15) is 0 Å². The fourth-order valence-electron chi connectivity index (χ4n) is 1.51. The van der Waals surface area contributed by atoms with Gasteiger partial charge < -0.3 is 4.74 Å². The van der Waals surface area contributed by atoms with E-state index in [1.807, 2.05) is 19.1 Å². The number of nitrogens with zero attached hydrogens (tertiary/aromatic N) is 4. The highest BCUT2D eigenvalue weighted by atomic mass is 16.5. The Bertz CT molecular complexity index is 613. The highest BCUT2D eigenvalue weighted by molar-refractivity contribution is 5.54. The summed E-state index contributed by atoms with van der Waals surface area (Å²) in [5.74, 6) is 0.786. The van der Waals surface area contributed by atoms with E-state index in [2.05, 4.69) is 5.10 Å². The van der Waals surface area contributed by atoms with Gasteiger partial charge in [0.05, 0.1) is 23.5 Å². The molecule has 5 nitrogen and oxygen atoms in total. The molecule has 2 aromatic rings. The number of aromatic nitrogens is 2. The SMILES string of the molecule is CCn1cc(Oc2c(C#N)cccc2C#N)cn1. The molecule has 0 N–H and O–H groups in total. The molecule has 0 aliphatic carbocycles. The number of aryl methyl sites for hydroxylation is 1. The monoisotopic (exact) mass is 238 g/mol. The summed E-state index contributed by atoms with van der Waals surface area (Å²) in [5.41, 5.74) is 0.664. The van der Waals surface area contributed by atoms with Crippen LogP contribution in [0.25, 0.3) is 0 Å². The number of para-hydroxylation sites is 1. The predicted octanol–water partition coefficient (Wildman–Crippen LogP) is 2.44. The van der Waals surface area contributed by atoms with Crippen LogP contribution in [0.1, 0.15) is 18.1 Å². The zero-order valence-corrected chi connectivity index (χ0v) is 9.79. The fraction of sp³-hybridized carbons (Fsp3) is 0.154. The van der Waals surface area contributed by atoms with E-state index in [0.29, 0.717) is 16.9 Å². The van der Waals surface area contributed by atoms with E-state index < -0.39 is 0 Å². The van der Waals surface area contributed by atoms with Gasteiger partial charge in [-0.2, -0.15) is 15.6 Å². The molecule has 2 rings (SSSR count). The lowest BCUT2D eigenvalue weighted by Gasteiger charge is -2.06. The van der Waals surface area contributed by atoms with Crippen molar-refractivity contribution in [2.75, 3.05) is 0 Å². The van der Waals surface area contributed by atoms with Crippen molar-refractivity contribution in [3.05, 3.63) is 41.7 Å². The molecule has 0 atom stereocenters. The third-order valence-electron chi connectivity index (χ3n) is 2.41. The standard InChI is InChI=1S/C13H10N4O/c1-2-17-9-12(8-16-17)18-13-10(6-14)4-3-5-11(13)7-15/h3-5,8-9H,2H2,1H3. The number of benzene rings is 1. The van der Waals surface area contributed by atoms with Gasteiger partial charge in [-0.15, -0.1) is 0 Å². The Hall–Kier alpha value is -2.79. The van der Waals surface area contributed by atoms with Crippen LogP contribution in [0.4, 0.5) is 0 Å². The van der Waals surface area contributed by atoms with Crippen LogP contribution >= 0.6 is 0 Å². The molecule has 0 fully saturated rings. The Morgan fingerprint density at radius 3 is 2.44 bits per heavy atom. The molecule has 0 saturated carbocycles. The van der Waals surface area contributed by atoms with Gasteiger partial charge in [-0.1, -0.05) is 6.07 Å². The topological polar surface area (TPSA) is 74.6 Å². The van der Waals surface area contributed by atoms with Crippen molar-refractivity contribution >= 4 is 0 Å². The summed E-state index contributed by atoms with van der Waals surface area (Å²) in [7, 11) is 0. The zero-order valence-electron chi connectivity index (χ0n) is 9.79. The minimum absolute atomic E-state index is 0.276. The second kappa shape index (κ2) is 5.03. The van der Waals surface area contributed by atoms with Crippen molar-refractivity contribution in [2.45, 2.75) is 13.5 Å². The fourth-order valence-corrected chi connectivity index (χ4v) is 1.51. The number of hydrogen-bond acceptors (Lipinski definition) is 4. The smallest absolute Gasteiger partial charge is 0.165 e. The maximum Gasteiger partial charge on any atom is 0.165 e. The first-order valence-electron chi connectivity index (χ1n) is 5.42. The maximum atomic E-state index is 9.01. The van der Waals surface area contributed by atoms with Gasteiger partial charge in [0, 0.05) is 6.54 Å². The normalized spacial score (nSPS) is 9.50. The van der Waals surface area contributed by atoms with E-state index in [1.54, 1.807) is 35.3 Å². The minimum Gasteiger partial charge on any atom is -0.451 e. The quantitative estimate of drug-likeness (QED) is 0.823. The third-order valence-corrected chi connectivity index (χ3v) is 2.41. The number of hydrogen-bond donors (Lipinski definition) is 0. The van der Waals surface area contributed by atoms with E-state index in [0.717, 1.165) is 6.54 Å². The molecule has 0 saturated heterocycles. The minimum atomic E-state index is 0.276. The Labute approximate surface area is 104 Å². The molecule has 18 heavy (non-hydrogen) atoms. The van der Waals surface area contributed by atoms with Crippen LogP contribution in [0.3, 0.4) is 0 Å². The van der Waals surface area contributed by atoms with Crippen LogP contribution < -0.4 is 4.74 Å². The van der Waals surface area contributed by atoms with Crippen molar-refractivity contribution in [3.63, 3.8) is 0 Å². The van der Waals surface area contributed by atoms with Gasteiger partial charge in [0.15, 0.2) is 11.5 Å². The molecule has 0 amide bonds. The van der Waals surface area contributed by atoms with Gasteiger partial charge in [0.2, 0.25) is 0 Å². The molecule has 0 unspecified atom stereocenters. The number of nitriles is 2. The van der Waals surface area contributed by atoms with Crippen LogP contribution in [0.15, 0.2) is 30.6 Å². The van der Waals surface area contributed by atoms with Gasteiger partial charge in [0.25, 0.3) is 0 Å². The first-order chi connectivity index (χ1) is 8.78. The Balaban J connectivity index is 2.39. The van der Waals surface area contributed by atoms with E-state index >= 15 is 0 Å². The maximum absolute atomic E-state index is 9.01. The van der Waals surface area contributed by atoms with Crippen molar-refractivity contribution in [3.8, 4) is 23.6 Å².